The average Bonchev–Trinajstić information content (AvgIpc) is 3.25. The van der Waals surface area contributed by atoms with Gasteiger partial charge in [-0.1, -0.05) is 29.4 Å². The number of aryl methyl sites for hydroxylation is 1. The maximum Gasteiger partial charge on any atom is 0.315 e. The second-order valence-electron chi connectivity index (χ2n) is 6.01. The second-order valence-corrected chi connectivity index (χ2v) is 6.01. The topological polar surface area (TPSA) is 63.0 Å². The van der Waals surface area contributed by atoms with Gasteiger partial charge in [0, 0.05) is 12.1 Å². The minimum atomic E-state index is 0.379. The summed E-state index contributed by atoms with van der Waals surface area (Å²) in [5, 5.41) is 14.9. The van der Waals surface area contributed by atoms with Crippen LogP contribution < -0.4 is 10.6 Å². The van der Waals surface area contributed by atoms with Crippen LogP contribution in [0.3, 0.4) is 0 Å². The second kappa shape index (κ2) is 5.48. The van der Waals surface area contributed by atoms with Crippen molar-refractivity contribution in [3.63, 3.8) is 0 Å². The van der Waals surface area contributed by atoms with E-state index in [9.17, 15) is 0 Å². The molecule has 1 fully saturated rings. The molecule has 2 aliphatic carbocycles. The molecule has 110 valence electrons. The Morgan fingerprint density at radius 3 is 2.76 bits per heavy atom. The van der Waals surface area contributed by atoms with Crippen molar-refractivity contribution < 1.29 is 4.42 Å². The van der Waals surface area contributed by atoms with Gasteiger partial charge in [-0.05, 0) is 43.2 Å². The molecule has 5 heteroatoms. The minimum absolute atomic E-state index is 0.379. The zero-order chi connectivity index (χ0) is 14.1. The van der Waals surface area contributed by atoms with Gasteiger partial charge in [-0.3, -0.25) is 0 Å². The number of nitrogens with one attached hydrogen (secondary N) is 2. The lowest BCUT2D eigenvalue weighted by Gasteiger charge is -2.24. The number of hydrogen-bond acceptors (Lipinski definition) is 5. The third-order valence-electron chi connectivity index (χ3n) is 4.26. The lowest BCUT2D eigenvalue weighted by Crippen LogP contribution is -2.27. The first kappa shape index (κ1) is 12.8. The molecule has 1 heterocycles. The molecule has 1 aromatic carbocycles. The Bertz CT molecular complexity index is 620. The molecule has 0 amide bonds. The van der Waals surface area contributed by atoms with Crippen molar-refractivity contribution in [3.8, 4) is 0 Å². The Morgan fingerprint density at radius 2 is 1.90 bits per heavy atom. The van der Waals surface area contributed by atoms with Gasteiger partial charge in [0.1, 0.15) is 0 Å². The van der Waals surface area contributed by atoms with Crippen LogP contribution in [-0.2, 0) is 19.4 Å². The molecule has 5 nitrogen and oxygen atoms in total. The van der Waals surface area contributed by atoms with Gasteiger partial charge >= 0.3 is 6.01 Å². The van der Waals surface area contributed by atoms with Crippen molar-refractivity contribution in [1.29, 1.82) is 0 Å². The van der Waals surface area contributed by atoms with Crippen LogP contribution in [0.25, 0.3) is 0 Å². The number of aromatic nitrogens is 2. The Hall–Kier alpha value is -1.88. The van der Waals surface area contributed by atoms with Crippen molar-refractivity contribution in [3.05, 3.63) is 41.3 Å². The van der Waals surface area contributed by atoms with E-state index in [0.717, 1.165) is 19.3 Å². The van der Waals surface area contributed by atoms with Crippen LogP contribution in [-0.4, -0.2) is 22.3 Å². The lowest BCUT2D eigenvalue weighted by atomic mass is 9.88. The molecule has 1 unspecified atom stereocenters. The third-order valence-corrected chi connectivity index (χ3v) is 4.26. The fourth-order valence-electron chi connectivity index (χ4n) is 2.90. The Morgan fingerprint density at radius 1 is 1.05 bits per heavy atom. The fourth-order valence-corrected chi connectivity index (χ4v) is 2.90. The first-order chi connectivity index (χ1) is 10.4. The fraction of sp³-hybridized carbons (Fsp3) is 0.500. The van der Waals surface area contributed by atoms with Gasteiger partial charge in [0.05, 0.1) is 6.54 Å². The van der Waals surface area contributed by atoms with Crippen LogP contribution in [0.4, 0.5) is 6.01 Å². The molecule has 0 spiro atoms. The number of anilines is 1. The maximum atomic E-state index is 5.66. The standard InChI is InChI=1S/C16H20N4O/c1-2-4-12-9-14(6-5-11(12)3-1)18-16-20-19-15(21-16)10-17-13-7-8-13/h1-4,13-14,17H,5-10H2,(H,18,20). The number of nitrogens with zero attached hydrogens (tertiary/aromatic N) is 2. The molecule has 2 aromatic rings. The first-order valence-corrected chi connectivity index (χ1v) is 7.76. The summed E-state index contributed by atoms with van der Waals surface area (Å²) in [5.41, 5.74) is 2.90. The summed E-state index contributed by atoms with van der Waals surface area (Å²) in [5.74, 6) is 0.667. The van der Waals surface area contributed by atoms with E-state index < -0.39 is 0 Å². The highest BCUT2D eigenvalue weighted by molar-refractivity contribution is 5.33. The predicted molar refractivity (Wildman–Crippen MR) is 80.0 cm³/mol. The van der Waals surface area contributed by atoms with Crippen molar-refractivity contribution in [2.75, 3.05) is 5.32 Å². The molecule has 2 N–H and O–H groups in total. The summed E-state index contributed by atoms with van der Waals surface area (Å²) < 4.78 is 5.66. The lowest BCUT2D eigenvalue weighted by molar-refractivity contribution is 0.467. The minimum Gasteiger partial charge on any atom is -0.407 e. The SMILES string of the molecule is c1ccc2c(c1)CCC(Nc1nnc(CNC3CC3)o1)C2. The summed E-state index contributed by atoms with van der Waals surface area (Å²) in [6.45, 7) is 0.673. The highest BCUT2D eigenvalue weighted by Gasteiger charge is 2.22. The van der Waals surface area contributed by atoms with Gasteiger partial charge in [0.15, 0.2) is 0 Å². The van der Waals surface area contributed by atoms with Gasteiger partial charge in [-0.2, -0.15) is 0 Å². The average molecular weight is 284 g/mol. The Labute approximate surface area is 124 Å². The van der Waals surface area contributed by atoms with Crippen molar-refractivity contribution in [1.82, 2.24) is 15.5 Å². The van der Waals surface area contributed by atoms with Crippen LogP contribution in [0, 0.1) is 0 Å². The number of fused-ring (bicyclic) bond motifs is 1. The quantitative estimate of drug-likeness (QED) is 0.882. The summed E-state index contributed by atoms with van der Waals surface area (Å²) in [7, 11) is 0. The third kappa shape index (κ3) is 3.08. The molecule has 0 bridgehead atoms. The van der Waals surface area contributed by atoms with E-state index in [4.69, 9.17) is 4.42 Å². The summed E-state index contributed by atoms with van der Waals surface area (Å²) in [6, 6.07) is 10.2. The number of hydrogen-bond donors (Lipinski definition) is 2. The van der Waals surface area contributed by atoms with Gasteiger partial charge in [0.2, 0.25) is 5.89 Å². The van der Waals surface area contributed by atoms with Gasteiger partial charge in [-0.15, -0.1) is 5.10 Å². The van der Waals surface area contributed by atoms with E-state index in [0.29, 0.717) is 30.5 Å². The highest BCUT2D eigenvalue weighted by Crippen LogP contribution is 2.23. The largest absolute Gasteiger partial charge is 0.407 e. The van der Waals surface area contributed by atoms with E-state index in [1.54, 1.807) is 0 Å². The zero-order valence-corrected chi connectivity index (χ0v) is 12.0. The van der Waals surface area contributed by atoms with Crippen LogP contribution in [0.2, 0.25) is 0 Å². The van der Waals surface area contributed by atoms with E-state index in [2.05, 4.69) is 45.1 Å². The van der Waals surface area contributed by atoms with Crippen LogP contribution in [0.5, 0.6) is 0 Å². The monoisotopic (exact) mass is 284 g/mol. The van der Waals surface area contributed by atoms with E-state index in [-0.39, 0.29) is 0 Å². The number of rotatable bonds is 5. The van der Waals surface area contributed by atoms with E-state index in [1.165, 1.54) is 24.0 Å². The van der Waals surface area contributed by atoms with Gasteiger partial charge < -0.3 is 15.1 Å². The van der Waals surface area contributed by atoms with Gasteiger partial charge in [0.25, 0.3) is 0 Å². The van der Waals surface area contributed by atoms with E-state index in [1.807, 2.05) is 0 Å². The van der Waals surface area contributed by atoms with Gasteiger partial charge in [-0.25, -0.2) is 0 Å². The summed E-state index contributed by atoms with van der Waals surface area (Å²) >= 11 is 0. The molecule has 1 atom stereocenters. The normalized spacial score (nSPS) is 21.0. The van der Waals surface area contributed by atoms with Crippen molar-refractivity contribution in [2.45, 2.75) is 50.7 Å². The molecule has 0 radical (unpaired) electrons. The van der Waals surface area contributed by atoms with Crippen molar-refractivity contribution in [2.24, 2.45) is 0 Å². The Balaban J connectivity index is 1.35. The van der Waals surface area contributed by atoms with Crippen LogP contribution >= 0.6 is 0 Å². The molecular weight excluding hydrogens is 264 g/mol. The molecule has 1 aromatic heterocycles. The first-order valence-electron chi connectivity index (χ1n) is 7.76. The predicted octanol–water partition coefficient (Wildman–Crippen LogP) is 2.29. The zero-order valence-electron chi connectivity index (χ0n) is 12.0. The smallest absolute Gasteiger partial charge is 0.315 e. The van der Waals surface area contributed by atoms with Crippen molar-refractivity contribution >= 4 is 6.01 Å². The van der Waals surface area contributed by atoms with Crippen LogP contribution in [0.15, 0.2) is 28.7 Å². The van der Waals surface area contributed by atoms with Crippen LogP contribution in [0.1, 0.15) is 36.3 Å². The highest BCUT2D eigenvalue weighted by atomic mass is 16.4. The molecule has 4 rings (SSSR count). The molecule has 0 saturated heterocycles. The maximum absolute atomic E-state index is 5.66. The number of benzene rings is 1. The molecule has 0 aliphatic heterocycles. The molecule has 1 saturated carbocycles. The van der Waals surface area contributed by atoms with E-state index >= 15 is 0 Å². The summed E-state index contributed by atoms with van der Waals surface area (Å²) in [6.07, 6.45) is 5.77. The molecule has 21 heavy (non-hydrogen) atoms. The summed E-state index contributed by atoms with van der Waals surface area (Å²) in [4.78, 5) is 0. The Kier molecular flexibility index (Phi) is 3.35. The molecule has 2 aliphatic rings. The molecular formula is C16H20N4O.